The molecule has 0 aliphatic carbocycles. The fraction of sp³-hybridized carbons (Fsp3) is 0.421. The minimum atomic E-state index is -3.44. The quantitative estimate of drug-likeness (QED) is 0.235. The molecule has 0 aromatic heterocycles. The van der Waals surface area contributed by atoms with Gasteiger partial charge in [0.25, 0.3) is 5.91 Å². The first kappa shape index (κ1) is 33.3. The molecule has 7 rings (SSSR count). The second-order valence-corrected chi connectivity index (χ2v) is 18.0. The summed E-state index contributed by atoms with van der Waals surface area (Å²) in [5, 5.41) is 16.0. The highest BCUT2D eigenvalue weighted by atomic mass is 28.4. The lowest BCUT2D eigenvalue weighted by Crippen LogP contribution is -2.45. The van der Waals surface area contributed by atoms with E-state index in [9.17, 15) is 19.5 Å². The minimum Gasteiger partial charge on any atom is -0.394 e. The smallest absolute Gasteiger partial charge is 0.264 e. The van der Waals surface area contributed by atoms with Crippen LogP contribution in [-0.4, -0.2) is 67.1 Å². The number of anilines is 2. The molecule has 2 saturated heterocycles. The molecule has 3 amide bonds. The van der Waals surface area contributed by atoms with E-state index in [2.05, 4.69) is 5.10 Å². The number of aliphatic hydroxyl groups is 1. The van der Waals surface area contributed by atoms with Crippen LogP contribution in [0.5, 0.6) is 0 Å². The fourth-order valence-corrected chi connectivity index (χ4v) is 11.0. The molecule has 3 aromatic rings. The first-order valence-corrected chi connectivity index (χ1v) is 20.2. The molecule has 3 aromatic carbocycles. The number of nitrogens with zero attached hydrogens (tertiary/aromatic N) is 4. The number of carbonyl (C=O) groups excluding carboxylic acids is 3. The summed E-state index contributed by atoms with van der Waals surface area (Å²) in [5.41, 5.74) is 2.71. The first-order chi connectivity index (χ1) is 23.5. The van der Waals surface area contributed by atoms with Gasteiger partial charge in [0.2, 0.25) is 20.2 Å². The zero-order chi connectivity index (χ0) is 34.5. The van der Waals surface area contributed by atoms with Crippen molar-refractivity contribution in [1.29, 1.82) is 0 Å². The molecule has 4 heterocycles. The highest BCUT2D eigenvalue weighted by Crippen LogP contribution is 2.60. The van der Waals surface area contributed by atoms with E-state index in [1.54, 1.807) is 22.9 Å². The van der Waals surface area contributed by atoms with Crippen LogP contribution in [0.2, 0.25) is 18.6 Å². The van der Waals surface area contributed by atoms with Gasteiger partial charge in [-0.1, -0.05) is 67.6 Å². The van der Waals surface area contributed by atoms with Crippen LogP contribution >= 0.6 is 0 Å². The number of para-hydroxylation sites is 1. The van der Waals surface area contributed by atoms with Crippen LogP contribution in [0.15, 0.2) is 84.0 Å². The third-order valence-electron chi connectivity index (χ3n) is 10.8. The summed E-state index contributed by atoms with van der Waals surface area (Å²) in [7, 11) is -3.44. The average molecular weight is 683 g/mol. The number of halogens is 1. The number of likely N-dealkylation sites (tertiary alicyclic amines) is 1. The van der Waals surface area contributed by atoms with Crippen LogP contribution in [0.1, 0.15) is 55.7 Å². The van der Waals surface area contributed by atoms with E-state index in [1.165, 1.54) is 5.01 Å². The largest absolute Gasteiger partial charge is 0.394 e. The van der Waals surface area contributed by atoms with Crippen LogP contribution in [0.4, 0.5) is 15.5 Å². The molecule has 5 atom stereocenters. The van der Waals surface area contributed by atoms with E-state index >= 15 is 4.11 Å². The molecule has 1 spiro atoms. The van der Waals surface area contributed by atoms with Gasteiger partial charge in [-0.25, -0.2) is 5.01 Å². The number of rotatable bonds is 8. The number of ether oxygens (including phenoxy) is 1. The second-order valence-electron chi connectivity index (χ2n) is 14.2. The maximum atomic E-state index is 16.2. The lowest BCUT2D eigenvalue weighted by Gasteiger charge is -2.31. The van der Waals surface area contributed by atoms with Crippen molar-refractivity contribution in [2.45, 2.75) is 82.0 Å². The van der Waals surface area contributed by atoms with Crippen LogP contribution < -0.4 is 9.91 Å². The van der Waals surface area contributed by atoms with E-state index in [0.717, 1.165) is 29.7 Å². The van der Waals surface area contributed by atoms with Gasteiger partial charge in [-0.15, -0.1) is 0 Å². The Morgan fingerprint density at radius 3 is 2.45 bits per heavy atom. The number of aliphatic hydroxyl groups excluding tert-OH is 1. The van der Waals surface area contributed by atoms with Crippen molar-refractivity contribution >= 4 is 43.2 Å². The normalized spacial score (nSPS) is 26.9. The lowest BCUT2D eigenvalue weighted by molar-refractivity contribution is -0.150. The Kier molecular flexibility index (Phi) is 8.79. The third kappa shape index (κ3) is 5.81. The number of hydrogen-bond acceptors (Lipinski definition) is 6. The molecule has 9 nitrogen and oxygen atoms in total. The Balaban J connectivity index is 1.16. The molecule has 0 radical (unpaired) electrons. The first-order valence-electron chi connectivity index (χ1n) is 17.3. The minimum absolute atomic E-state index is 0.0335. The Morgan fingerprint density at radius 2 is 1.73 bits per heavy atom. The van der Waals surface area contributed by atoms with Crippen molar-refractivity contribution < 1.29 is 28.3 Å². The van der Waals surface area contributed by atoms with Gasteiger partial charge in [-0.2, -0.15) is 5.10 Å². The number of hydrogen-bond donors (Lipinski definition) is 1. The van der Waals surface area contributed by atoms with E-state index in [-0.39, 0.29) is 43.3 Å². The predicted octanol–water partition coefficient (Wildman–Crippen LogP) is 5.91. The number of fused-ring (bicyclic) bond motifs is 2. The summed E-state index contributed by atoms with van der Waals surface area (Å²) < 4.78 is 23.0. The van der Waals surface area contributed by atoms with Gasteiger partial charge < -0.3 is 23.8 Å². The van der Waals surface area contributed by atoms with Crippen molar-refractivity contribution in [2.75, 3.05) is 23.1 Å². The fourth-order valence-electron chi connectivity index (χ4n) is 8.52. The zero-order valence-corrected chi connectivity index (χ0v) is 29.2. The SMILES string of the molecule is C[C@@H]1[C@@H]([Si](C)(C)F)[C@H](CC(=O)N2CCC[C@H]2CO)O[C@@]12C(=O)N(Cc1ccc(N3N=C(c4ccccc4)CCC3=O)cc1)c1ccccc12. The number of benzene rings is 3. The highest BCUT2D eigenvalue weighted by molar-refractivity contribution is 6.72. The second kappa shape index (κ2) is 12.9. The molecule has 0 bridgehead atoms. The summed E-state index contributed by atoms with van der Waals surface area (Å²) in [6, 6.07) is 24.6. The topological polar surface area (TPSA) is 103 Å². The highest BCUT2D eigenvalue weighted by Gasteiger charge is 2.67. The Bertz CT molecular complexity index is 1780. The Labute approximate surface area is 287 Å². The monoisotopic (exact) mass is 682 g/mol. The van der Waals surface area contributed by atoms with Gasteiger partial charge in [-0.3, -0.25) is 14.4 Å². The van der Waals surface area contributed by atoms with Crippen molar-refractivity contribution in [3.8, 4) is 0 Å². The average Bonchev–Trinajstić information content (AvgIpc) is 3.76. The molecular formula is C38H43FN4O5Si. The van der Waals surface area contributed by atoms with Crippen molar-refractivity contribution in [1.82, 2.24) is 4.90 Å². The maximum Gasteiger partial charge on any atom is 0.264 e. The number of hydrazone groups is 1. The molecule has 256 valence electrons. The van der Waals surface area contributed by atoms with E-state index in [0.29, 0.717) is 36.3 Å². The van der Waals surface area contributed by atoms with Gasteiger partial charge in [0.15, 0.2) is 5.60 Å². The molecule has 1 N–H and O–H groups in total. The summed E-state index contributed by atoms with van der Waals surface area (Å²) in [4.78, 5) is 44.5. The van der Waals surface area contributed by atoms with Crippen molar-refractivity contribution in [2.24, 2.45) is 11.0 Å². The van der Waals surface area contributed by atoms with Crippen molar-refractivity contribution in [3.63, 3.8) is 0 Å². The molecule has 4 aliphatic rings. The van der Waals surface area contributed by atoms with Crippen LogP contribution in [0.3, 0.4) is 0 Å². The van der Waals surface area contributed by atoms with Gasteiger partial charge in [0.1, 0.15) is 0 Å². The Hall–Kier alpha value is -4.19. The van der Waals surface area contributed by atoms with Crippen molar-refractivity contribution in [3.05, 3.63) is 95.6 Å². The van der Waals surface area contributed by atoms with E-state index in [1.807, 2.05) is 85.8 Å². The number of carbonyl (C=O) groups is 3. The number of amides is 3. The standard InChI is InChI=1S/C38H43FN4O5Si/c1-25-36(49(2,3)39)33(22-35(46)41-21-9-12-29(41)24-44)48-38(25)30-13-7-8-14-32(30)42(37(38)47)23-26-15-17-28(18-16-26)43-34(45)20-19-31(40-43)27-10-5-4-6-11-27/h4-8,10-11,13-18,25,29,33,36,44H,9,12,19-24H2,1-3H3/t25-,29+,33+,36-,38+/m1/s1. The lowest BCUT2D eigenvalue weighted by atomic mass is 9.82. The molecule has 0 unspecified atom stereocenters. The summed E-state index contributed by atoms with van der Waals surface area (Å²) in [6.07, 6.45) is 1.69. The van der Waals surface area contributed by atoms with E-state index < -0.39 is 31.6 Å². The zero-order valence-electron chi connectivity index (χ0n) is 28.2. The Morgan fingerprint density at radius 1 is 1.02 bits per heavy atom. The van der Waals surface area contributed by atoms with Crippen LogP contribution in [0, 0.1) is 5.92 Å². The summed E-state index contributed by atoms with van der Waals surface area (Å²) in [5.74, 6) is -1.02. The molecule has 11 heteroatoms. The molecule has 2 fully saturated rings. The van der Waals surface area contributed by atoms with Crippen LogP contribution in [-0.2, 0) is 31.3 Å². The molecule has 0 saturated carbocycles. The summed E-state index contributed by atoms with van der Waals surface area (Å²) >= 11 is 0. The van der Waals surface area contributed by atoms with Gasteiger partial charge in [0.05, 0.1) is 48.8 Å². The predicted molar refractivity (Wildman–Crippen MR) is 188 cm³/mol. The third-order valence-corrected chi connectivity index (χ3v) is 13.3. The maximum absolute atomic E-state index is 16.2. The molecule has 49 heavy (non-hydrogen) atoms. The van der Waals surface area contributed by atoms with Gasteiger partial charge >= 0.3 is 0 Å². The van der Waals surface area contributed by atoms with Gasteiger partial charge in [0, 0.05) is 36.4 Å². The van der Waals surface area contributed by atoms with Crippen LogP contribution in [0.25, 0.3) is 0 Å². The van der Waals surface area contributed by atoms with E-state index in [4.69, 9.17) is 4.74 Å². The van der Waals surface area contributed by atoms with Gasteiger partial charge in [-0.05, 0) is 55.3 Å². The molecule has 4 aliphatic heterocycles. The summed E-state index contributed by atoms with van der Waals surface area (Å²) in [6.45, 7) is 5.84. The molecular weight excluding hydrogens is 640 g/mol.